The quantitative estimate of drug-likeness (QED) is 0.784. The molecule has 2 atom stereocenters. The van der Waals surface area contributed by atoms with Gasteiger partial charge in [-0.1, -0.05) is 13.8 Å². The predicted molar refractivity (Wildman–Crippen MR) is 68.4 cm³/mol. The molecule has 2 unspecified atom stereocenters. The van der Waals surface area contributed by atoms with Gasteiger partial charge in [0.1, 0.15) is 0 Å². The highest BCUT2D eigenvalue weighted by molar-refractivity contribution is 7.91. The Morgan fingerprint density at radius 3 is 2.11 bits per heavy atom. The summed E-state index contributed by atoms with van der Waals surface area (Å²) < 4.78 is 23.2. The fourth-order valence-corrected chi connectivity index (χ4v) is 5.27. The lowest BCUT2D eigenvalue weighted by molar-refractivity contribution is 0.0337. The predicted octanol–water partition coefficient (Wildman–Crippen LogP) is 1.50. The zero-order valence-electron chi connectivity index (χ0n) is 11.0. The molecule has 18 heavy (non-hydrogen) atoms. The smallest absolute Gasteiger partial charge is 0.153 e. The molecule has 2 fully saturated rings. The standard InChI is InChI=1S/C13H21NO3S/c1-12(2)3-5-13(9-14,6-4-12)10-7-18(16,17)8-11(10)15/h10-11,15H,3-8H2,1-2H3. The Morgan fingerprint density at radius 2 is 1.72 bits per heavy atom. The summed E-state index contributed by atoms with van der Waals surface area (Å²) in [7, 11) is -3.17. The highest BCUT2D eigenvalue weighted by atomic mass is 32.2. The van der Waals surface area contributed by atoms with Crippen molar-refractivity contribution < 1.29 is 13.5 Å². The Kier molecular flexibility index (Phi) is 3.23. The van der Waals surface area contributed by atoms with Gasteiger partial charge in [-0.15, -0.1) is 0 Å². The van der Waals surface area contributed by atoms with Crippen LogP contribution in [0.2, 0.25) is 0 Å². The van der Waals surface area contributed by atoms with Crippen molar-refractivity contribution in [2.45, 2.75) is 45.6 Å². The first-order valence-corrected chi connectivity index (χ1v) is 8.32. The van der Waals surface area contributed by atoms with Crippen LogP contribution in [0, 0.1) is 28.1 Å². The third kappa shape index (κ3) is 2.41. The molecule has 0 aromatic carbocycles. The molecule has 4 nitrogen and oxygen atoms in total. The van der Waals surface area contributed by atoms with Crippen LogP contribution in [0.25, 0.3) is 0 Å². The molecule has 0 radical (unpaired) electrons. The lowest BCUT2D eigenvalue weighted by atomic mass is 9.60. The highest BCUT2D eigenvalue weighted by Gasteiger charge is 2.52. The maximum atomic E-state index is 11.6. The van der Waals surface area contributed by atoms with E-state index in [1.807, 2.05) is 0 Å². The van der Waals surface area contributed by atoms with Crippen LogP contribution in [-0.2, 0) is 9.84 Å². The zero-order chi connectivity index (χ0) is 13.6. The third-order valence-corrected chi connectivity index (χ3v) is 6.47. The van der Waals surface area contributed by atoms with Crippen LogP contribution >= 0.6 is 0 Å². The second-order valence-corrected chi connectivity index (χ2v) is 8.84. The van der Waals surface area contributed by atoms with Crippen LogP contribution in [0.5, 0.6) is 0 Å². The van der Waals surface area contributed by atoms with Crippen LogP contribution in [0.1, 0.15) is 39.5 Å². The number of hydrogen-bond acceptors (Lipinski definition) is 4. The molecule has 0 aromatic rings. The molecule has 1 saturated heterocycles. The maximum Gasteiger partial charge on any atom is 0.153 e. The molecule has 5 heteroatoms. The van der Waals surface area contributed by atoms with E-state index >= 15 is 0 Å². The monoisotopic (exact) mass is 271 g/mol. The van der Waals surface area contributed by atoms with Gasteiger partial charge in [0, 0.05) is 5.92 Å². The molecule has 2 aliphatic rings. The van der Waals surface area contributed by atoms with Crippen LogP contribution in [0.15, 0.2) is 0 Å². The van der Waals surface area contributed by atoms with E-state index in [-0.39, 0.29) is 16.9 Å². The van der Waals surface area contributed by atoms with Crippen molar-refractivity contribution >= 4 is 9.84 Å². The summed E-state index contributed by atoms with van der Waals surface area (Å²) in [4.78, 5) is 0. The number of aliphatic hydroxyl groups is 1. The molecule has 0 bridgehead atoms. The van der Waals surface area contributed by atoms with Gasteiger partial charge in [0.15, 0.2) is 9.84 Å². The van der Waals surface area contributed by atoms with Gasteiger partial charge in [-0.05, 0) is 31.1 Å². The largest absolute Gasteiger partial charge is 0.392 e. The van der Waals surface area contributed by atoms with Crippen LogP contribution in [-0.4, -0.2) is 31.1 Å². The van der Waals surface area contributed by atoms with E-state index in [1.54, 1.807) is 0 Å². The SMILES string of the molecule is CC1(C)CCC(C#N)(C2CS(=O)(=O)CC2O)CC1. The first-order valence-electron chi connectivity index (χ1n) is 6.50. The molecule has 1 aliphatic carbocycles. The second kappa shape index (κ2) is 4.21. The fourth-order valence-electron chi connectivity index (χ4n) is 3.30. The summed E-state index contributed by atoms with van der Waals surface area (Å²) in [6.07, 6.45) is 2.38. The van der Waals surface area contributed by atoms with Crippen molar-refractivity contribution in [2.75, 3.05) is 11.5 Å². The van der Waals surface area contributed by atoms with E-state index in [9.17, 15) is 18.8 Å². The van der Waals surface area contributed by atoms with E-state index in [4.69, 9.17) is 0 Å². The molecule has 1 saturated carbocycles. The first kappa shape index (κ1) is 13.8. The Labute approximate surface area is 109 Å². The van der Waals surface area contributed by atoms with Crippen LogP contribution in [0.3, 0.4) is 0 Å². The number of aliphatic hydroxyl groups excluding tert-OH is 1. The van der Waals surface area contributed by atoms with Gasteiger partial charge in [-0.3, -0.25) is 0 Å². The van der Waals surface area contributed by atoms with E-state index in [0.717, 1.165) is 12.8 Å². The maximum absolute atomic E-state index is 11.6. The van der Waals surface area contributed by atoms with Crippen molar-refractivity contribution in [1.82, 2.24) is 0 Å². The summed E-state index contributed by atoms with van der Waals surface area (Å²) in [5.41, 5.74) is -0.415. The van der Waals surface area contributed by atoms with Crippen molar-refractivity contribution in [3.8, 4) is 6.07 Å². The van der Waals surface area contributed by atoms with E-state index in [0.29, 0.717) is 12.8 Å². The van der Waals surface area contributed by atoms with Gasteiger partial charge in [-0.2, -0.15) is 5.26 Å². The summed E-state index contributed by atoms with van der Waals surface area (Å²) in [6.45, 7) is 4.35. The molecular formula is C13H21NO3S. The minimum atomic E-state index is -3.17. The fraction of sp³-hybridized carbons (Fsp3) is 0.923. The normalized spacial score (nSPS) is 37.0. The minimum Gasteiger partial charge on any atom is -0.392 e. The molecule has 102 valence electrons. The van der Waals surface area contributed by atoms with Gasteiger partial charge in [0.05, 0.1) is 29.1 Å². The zero-order valence-corrected chi connectivity index (χ0v) is 11.8. The number of nitriles is 1. The van der Waals surface area contributed by atoms with E-state index in [1.165, 1.54) is 0 Å². The molecule has 2 rings (SSSR count). The van der Waals surface area contributed by atoms with Crippen LogP contribution < -0.4 is 0 Å². The average molecular weight is 271 g/mol. The Morgan fingerprint density at radius 1 is 1.17 bits per heavy atom. The molecule has 1 N–H and O–H groups in total. The number of hydrogen-bond donors (Lipinski definition) is 1. The molecule has 1 heterocycles. The number of rotatable bonds is 1. The van der Waals surface area contributed by atoms with E-state index < -0.39 is 27.3 Å². The molecule has 1 aliphatic heterocycles. The number of sulfone groups is 1. The van der Waals surface area contributed by atoms with Gasteiger partial charge >= 0.3 is 0 Å². The summed E-state index contributed by atoms with van der Waals surface area (Å²) in [6, 6.07) is 2.34. The van der Waals surface area contributed by atoms with Crippen molar-refractivity contribution in [1.29, 1.82) is 5.26 Å². The van der Waals surface area contributed by atoms with Crippen molar-refractivity contribution in [3.63, 3.8) is 0 Å². The Hall–Kier alpha value is -0.600. The van der Waals surface area contributed by atoms with E-state index in [2.05, 4.69) is 19.9 Å². The third-order valence-electron chi connectivity index (χ3n) is 4.75. The Bertz CT molecular complexity index is 465. The highest BCUT2D eigenvalue weighted by Crippen LogP contribution is 2.51. The first-order chi connectivity index (χ1) is 8.20. The van der Waals surface area contributed by atoms with Crippen molar-refractivity contribution in [2.24, 2.45) is 16.7 Å². The summed E-state index contributed by atoms with van der Waals surface area (Å²) in [5, 5.41) is 19.5. The molecule has 0 amide bonds. The lowest BCUT2D eigenvalue weighted by Gasteiger charge is -2.43. The molecular weight excluding hydrogens is 250 g/mol. The van der Waals surface area contributed by atoms with Gasteiger partial charge < -0.3 is 5.11 Å². The summed E-state index contributed by atoms with van der Waals surface area (Å²) in [5.74, 6) is -0.601. The average Bonchev–Trinajstić information content (AvgIpc) is 2.54. The van der Waals surface area contributed by atoms with Crippen molar-refractivity contribution in [3.05, 3.63) is 0 Å². The topological polar surface area (TPSA) is 78.2 Å². The minimum absolute atomic E-state index is 0.0256. The Balaban J connectivity index is 2.23. The van der Waals surface area contributed by atoms with Gasteiger partial charge in [-0.25, -0.2) is 8.42 Å². The molecule has 0 aromatic heterocycles. The van der Waals surface area contributed by atoms with Crippen LogP contribution in [0.4, 0.5) is 0 Å². The lowest BCUT2D eigenvalue weighted by Crippen LogP contribution is -2.41. The van der Waals surface area contributed by atoms with Gasteiger partial charge in [0.25, 0.3) is 0 Å². The number of nitrogens with zero attached hydrogens (tertiary/aromatic N) is 1. The molecule has 0 spiro atoms. The summed E-state index contributed by atoms with van der Waals surface area (Å²) >= 11 is 0. The van der Waals surface area contributed by atoms with Gasteiger partial charge in [0.2, 0.25) is 0 Å². The second-order valence-electron chi connectivity index (χ2n) is 6.68.